The van der Waals surface area contributed by atoms with E-state index in [1.54, 1.807) is 0 Å². The zero-order valence-corrected chi connectivity index (χ0v) is 15.1. The molecule has 2 aromatic rings. The SMILES string of the molecule is CCCC(O)c1ccc(OCc2cc(C)ccc2C)c(OCC)c1. The standard InChI is InChI=1S/C21H28O3/c1-5-7-19(22)17-10-11-20(21(13-17)23-6-2)24-14-18-12-15(3)8-9-16(18)4/h8-13,19,22H,5-7,14H2,1-4H3. The fraction of sp³-hybridized carbons (Fsp3) is 0.429. The summed E-state index contributed by atoms with van der Waals surface area (Å²) in [5.41, 5.74) is 4.49. The number of ether oxygens (including phenoxy) is 2. The molecule has 0 heterocycles. The van der Waals surface area contributed by atoms with Crippen LogP contribution in [0.5, 0.6) is 11.5 Å². The van der Waals surface area contributed by atoms with Crippen molar-refractivity contribution < 1.29 is 14.6 Å². The number of aliphatic hydroxyl groups excluding tert-OH is 1. The first-order valence-corrected chi connectivity index (χ1v) is 8.68. The van der Waals surface area contributed by atoms with Gasteiger partial charge in [-0.05, 0) is 56.0 Å². The Morgan fingerprint density at radius 1 is 0.958 bits per heavy atom. The van der Waals surface area contributed by atoms with Gasteiger partial charge in [-0.25, -0.2) is 0 Å². The van der Waals surface area contributed by atoms with Crippen LogP contribution in [0.25, 0.3) is 0 Å². The minimum Gasteiger partial charge on any atom is -0.490 e. The van der Waals surface area contributed by atoms with Crippen molar-refractivity contribution in [3.8, 4) is 11.5 Å². The second-order valence-corrected chi connectivity index (χ2v) is 6.16. The van der Waals surface area contributed by atoms with E-state index in [-0.39, 0.29) is 0 Å². The molecule has 2 aromatic carbocycles. The van der Waals surface area contributed by atoms with Gasteiger partial charge in [0, 0.05) is 0 Å². The largest absolute Gasteiger partial charge is 0.490 e. The first kappa shape index (κ1) is 18.3. The van der Waals surface area contributed by atoms with E-state index in [1.807, 2.05) is 25.1 Å². The van der Waals surface area contributed by atoms with Crippen LogP contribution < -0.4 is 9.47 Å². The van der Waals surface area contributed by atoms with Crippen molar-refractivity contribution >= 4 is 0 Å². The summed E-state index contributed by atoms with van der Waals surface area (Å²) in [6, 6.07) is 12.1. The summed E-state index contributed by atoms with van der Waals surface area (Å²) in [4.78, 5) is 0. The van der Waals surface area contributed by atoms with E-state index in [0.717, 1.165) is 18.4 Å². The van der Waals surface area contributed by atoms with E-state index in [0.29, 0.717) is 24.7 Å². The summed E-state index contributed by atoms with van der Waals surface area (Å²) in [6.07, 6.45) is 1.23. The highest BCUT2D eigenvalue weighted by Gasteiger charge is 2.12. The van der Waals surface area contributed by atoms with Crippen LogP contribution in [-0.2, 0) is 6.61 Å². The number of aliphatic hydroxyl groups is 1. The van der Waals surface area contributed by atoms with E-state index < -0.39 is 6.10 Å². The van der Waals surface area contributed by atoms with Crippen LogP contribution in [0.15, 0.2) is 36.4 Å². The first-order valence-electron chi connectivity index (χ1n) is 8.68. The fourth-order valence-corrected chi connectivity index (χ4v) is 2.67. The summed E-state index contributed by atoms with van der Waals surface area (Å²) >= 11 is 0. The lowest BCUT2D eigenvalue weighted by Crippen LogP contribution is -2.03. The Bertz CT molecular complexity index is 664. The lowest BCUT2D eigenvalue weighted by Gasteiger charge is -2.16. The Hall–Kier alpha value is -2.00. The molecule has 1 unspecified atom stereocenters. The lowest BCUT2D eigenvalue weighted by atomic mass is 10.0. The van der Waals surface area contributed by atoms with Gasteiger partial charge in [0.2, 0.25) is 0 Å². The van der Waals surface area contributed by atoms with Gasteiger partial charge in [0.15, 0.2) is 11.5 Å². The number of aryl methyl sites for hydroxylation is 2. The maximum Gasteiger partial charge on any atom is 0.161 e. The molecular weight excluding hydrogens is 300 g/mol. The molecule has 24 heavy (non-hydrogen) atoms. The molecule has 0 saturated carbocycles. The molecule has 130 valence electrons. The van der Waals surface area contributed by atoms with E-state index in [9.17, 15) is 5.11 Å². The first-order chi connectivity index (χ1) is 11.5. The summed E-state index contributed by atoms with van der Waals surface area (Å²) < 4.78 is 11.7. The molecule has 0 saturated heterocycles. The third-order valence-electron chi connectivity index (χ3n) is 4.10. The molecule has 3 nitrogen and oxygen atoms in total. The average molecular weight is 328 g/mol. The van der Waals surface area contributed by atoms with Crippen LogP contribution in [-0.4, -0.2) is 11.7 Å². The second-order valence-electron chi connectivity index (χ2n) is 6.16. The zero-order valence-electron chi connectivity index (χ0n) is 15.1. The van der Waals surface area contributed by atoms with Crippen molar-refractivity contribution in [2.75, 3.05) is 6.61 Å². The lowest BCUT2D eigenvalue weighted by molar-refractivity contribution is 0.165. The van der Waals surface area contributed by atoms with Gasteiger partial charge in [0.1, 0.15) is 6.61 Å². The molecule has 0 aromatic heterocycles. The molecule has 3 heteroatoms. The molecule has 0 spiro atoms. The minimum atomic E-state index is -0.456. The maximum atomic E-state index is 10.2. The second kappa shape index (κ2) is 8.74. The van der Waals surface area contributed by atoms with Crippen LogP contribution in [0.1, 0.15) is 55.0 Å². The Kier molecular flexibility index (Phi) is 6.68. The van der Waals surface area contributed by atoms with E-state index >= 15 is 0 Å². The molecule has 0 aliphatic carbocycles. The smallest absolute Gasteiger partial charge is 0.161 e. The Morgan fingerprint density at radius 3 is 2.46 bits per heavy atom. The van der Waals surface area contributed by atoms with E-state index in [1.165, 1.54) is 16.7 Å². The van der Waals surface area contributed by atoms with Gasteiger partial charge in [0.05, 0.1) is 12.7 Å². The molecule has 1 N–H and O–H groups in total. The molecular formula is C21H28O3. The molecule has 0 amide bonds. The Balaban J connectivity index is 2.18. The topological polar surface area (TPSA) is 38.7 Å². The van der Waals surface area contributed by atoms with Gasteiger partial charge in [-0.3, -0.25) is 0 Å². The number of hydrogen-bond acceptors (Lipinski definition) is 3. The predicted molar refractivity (Wildman–Crippen MR) is 97.7 cm³/mol. The van der Waals surface area contributed by atoms with Crippen LogP contribution in [0.4, 0.5) is 0 Å². The summed E-state index contributed by atoms with van der Waals surface area (Å²) in [6.45, 7) is 9.25. The number of benzene rings is 2. The van der Waals surface area contributed by atoms with Crippen LogP contribution in [0.2, 0.25) is 0 Å². The quantitative estimate of drug-likeness (QED) is 0.731. The van der Waals surface area contributed by atoms with Crippen molar-refractivity contribution in [3.63, 3.8) is 0 Å². The molecule has 1 atom stereocenters. The van der Waals surface area contributed by atoms with Crippen molar-refractivity contribution in [2.45, 2.75) is 53.2 Å². The summed E-state index contributed by atoms with van der Waals surface area (Å²) in [5.74, 6) is 1.40. The third-order valence-corrected chi connectivity index (χ3v) is 4.10. The highest BCUT2D eigenvalue weighted by Crippen LogP contribution is 2.32. The van der Waals surface area contributed by atoms with Crippen molar-refractivity contribution in [3.05, 3.63) is 58.7 Å². The third kappa shape index (κ3) is 4.75. The zero-order chi connectivity index (χ0) is 17.5. The summed E-state index contributed by atoms with van der Waals surface area (Å²) in [5, 5.41) is 10.2. The Morgan fingerprint density at radius 2 is 1.75 bits per heavy atom. The molecule has 0 bridgehead atoms. The predicted octanol–water partition coefficient (Wildman–Crippen LogP) is 5.11. The summed E-state index contributed by atoms with van der Waals surface area (Å²) in [7, 11) is 0. The van der Waals surface area contributed by atoms with Crippen LogP contribution in [0, 0.1) is 13.8 Å². The van der Waals surface area contributed by atoms with E-state index in [2.05, 4.69) is 39.0 Å². The van der Waals surface area contributed by atoms with Gasteiger partial charge in [-0.15, -0.1) is 0 Å². The number of hydrogen-bond donors (Lipinski definition) is 1. The fourth-order valence-electron chi connectivity index (χ4n) is 2.67. The van der Waals surface area contributed by atoms with Gasteiger partial charge >= 0.3 is 0 Å². The van der Waals surface area contributed by atoms with Gasteiger partial charge in [-0.1, -0.05) is 43.2 Å². The highest BCUT2D eigenvalue weighted by atomic mass is 16.5. The number of rotatable bonds is 8. The van der Waals surface area contributed by atoms with Crippen molar-refractivity contribution in [1.82, 2.24) is 0 Å². The maximum absolute atomic E-state index is 10.2. The van der Waals surface area contributed by atoms with Crippen molar-refractivity contribution in [1.29, 1.82) is 0 Å². The molecule has 0 fully saturated rings. The molecule has 0 radical (unpaired) electrons. The molecule has 2 rings (SSSR count). The molecule has 0 aliphatic heterocycles. The van der Waals surface area contributed by atoms with Gasteiger partial charge < -0.3 is 14.6 Å². The normalized spacial score (nSPS) is 12.0. The highest BCUT2D eigenvalue weighted by molar-refractivity contribution is 5.44. The average Bonchev–Trinajstić information content (AvgIpc) is 2.57. The van der Waals surface area contributed by atoms with Crippen LogP contribution >= 0.6 is 0 Å². The van der Waals surface area contributed by atoms with E-state index in [4.69, 9.17) is 9.47 Å². The monoisotopic (exact) mass is 328 g/mol. The Labute approximate surface area is 145 Å². The van der Waals surface area contributed by atoms with Crippen molar-refractivity contribution in [2.24, 2.45) is 0 Å². The van der Waals surface area contributed by atoms with Gasteiger partial charge in [0.25, 0.3) is 0 Å². The van der Waals surface area contributed by atoms with Gasteiger partial charge in [-0.2, -0.15) is 0 Å². The van der Waals surface area contributed by atoms with Crippen LogP contribution in [0.3, 0.4) is 0 Å². The molecule has 0 aliphatic rings. The minimum absolute atomic E-state index is 0.456.